The largest absolute Gasteiger partial charge is 0.226 e. The van der Waals surface area contributed by atoms with Gasteiger partial charge in [0.05, 0.1) is 14.7 Å². The van der Waals surface area contributed by atoms with Crippen LogP contribution >= 0.6 is 50.5 Å². The van der Waals surface area contributed by atoms with Gasteiger partial charge in [0.1, 0.15) is 5.15 Å². The molecule has 96 valence electrons. The van der Waals surface area contributed by atoms with Crippen molar-refractivity contribution < 1.29 is 0 Å². The Morgan fingerprint density at radius 3 is 2.63 bits per heavy atom. The molecule has 0 unspecified atom stereocenters. The fourth-order valence-corrected chi connectivity index (χ4v) is 3.70. The standard InChI is InChI=1S/C13H7BrCl2N2S/c1-6-4-7-11(8(14)5-6)17-13(18-12(7)16)9-2-3-10(15)19-9/h2-5H,1H3. The molecule has 19 heavy (non-hydrogen) atoms. The molecule has 0 fully saturated rings. The van der Waals surface area contributed by atoms with Crippen LogP contribution in [0.25, 0.3) is 21.6 Å². The number of aryl methyl sites for hydroxylation is 1. The number of rotatable bonds is 1. The zero-order chi connectivity index (χ0) is 13.6. The van der Waals surface area contributed by atoms with Gasteiger partial charge in [0.15, 0.2) is 5.82 Å². The molecule has 2 nitrogen and oxygen atoms in total. The highest BCUT2D eigenvalue weighted by Crippen LogP contribution is 2.34. The van der Waals surface area contributed by atoms with E-state index >= 15 is 0 Å². The number of halogens is 3. The highest BCUT2D eigenvalue weighted by molar-refractivity contribution is 9.10. The molecular formula is C13H7BrCl2N2S. The zero-order valence-electron chi connectivity index (χ0n) is 9.75. The van der Waals surface area contributed by atoms with Crippen LogP contribution in [0.3, 0.4) is 0 Å². The van der Waals surface area contributed by atoms with Crippen LogP contribution in [0.1, 0.15) is 5.56 Å². The molecular weight excluding hydrogens is 367 g/mol. The summed E-state index contributed by atoms with van der Waals surface area (Å²) in [5.74, 6) is 0.596. The van der Waals surface area contributed by atoms with E-state index in [9.17, 15) is 0 Å². The van der Waals surface area contributed by atoms with Gasteiger partial charge in [0.25, 0.3) is 0 Å². The smallest absolute Gasteiger partial charge is 0.171 e. The summed E-state index contributed by atoms with van der Waals surface area (Å²) in [4.78, 5) is 9.83. The van der Waals surface area contributed by atoms with Crippen molar-refractivity contribution in [1.29, 1.82) is 0 Å². The zero-order valence-corrected chi connectivity index (χ0v) is 13.7. The molecule has 0 radical (unpaired) electrons. The predicted octanol–water partition coefficient (Wildman–Crippen LogP) is 5.74. The predicted molar refractivity (Wildman–Crippen MR) is 85.3 cm³/mol. The van der Waals surface area contributed by atoms with Gasteiger partial charge in [-0.2, -0.15) is 0 Å². The van der Waals surface area contributed by atoms with Crippen LogP contribution in [-0.2, 0) is 0 Å². The van der Waals surface area contributed by atoms with Gasteiger partial charge in [-0.1, -0.05) is 23.2 Å². The van der Waals surface area contributed by atoms with Crippen LogP contribution in [0.5, 0.6) is 0 Å². The van der Waals surface area contributed by atoms with E-state index in [4.69, 9.17) is 23.2 Å². The molecule has 3 rings (SSSR count). The Labute approximate surface area is 132 Å². The lowest BCUT2D eigenvalue weighted by Crippen LogP contribution is -1.92. The third kappa shape index (κ3) is 2.50. The molecule has 0 aliphatic carbocycles. The Morgan fingerprint density at radius 1 is 1.16 bits per heavy atom. The Morgan fingerprint density at radius 2 is 1.95 bits per heavy atom. The minimum Gasteiger partial charge on any atom is -0.226 e. The summed E-state index contributed by atoms with van der Waals surface area (Å²) in [5, 5.41) is 1.30. The second kappa shape index (κ2) is 5.02. The molecule has 2 heterocycles. The summed E-state index contributed by atoms with van der Waals surface area (Å²) in [7, 11) is 0. The Hall–Kier alpha value is -0.680. The van der Waals surface area contributed by atoms with Crippen LogP contribution < -0.4 is 0 Å². The van der Waals surface area contributed by atoms with Gasteiger partial charge in [-0.05, 0) is 52.7 Å². The summed E-state index contributed by atoms with van der Waals surface area (Å²) in [6, 6.07) is 7.71. The Kier molecular flexibility index (Phi) is 3.52. The molecule has 0 atom stereocenters. The molecule has 0 aliphatic rings. The highest BCUT2D eigenvalue weighted by atomic mass is 79.9. The number of hydrogen-bond acceptors (Lipinski definition) is 3. The van der Waals surface area contributed by atoms with Crippen molar-refractivity contribution in [2.24, 2.45) is 0 Å². The van der Waals surface area contributed by atoms with Crippen LogP contribution in [0, 0.1) is 6.92 Å². The Bertz CT molecular complexity index is 786. The number of aromatic nitrogens is 2. The molecule has 3 aromatic rings. The summed E-state index contributed by atoms with van der Waals surface area (Å²) in [6.45, 7) is 2.01. The van der Waals surface area contributed by atoms with Crippen LogP contribution in [-0.4, -0.2) is 9.97 Å². The van der Waals surface area contributed by atoms with Gasteiger partial charge < -0.3 is 0 Å². The second-order valence-electron chi connectivity index (χ2n) is 4.08. The van der Waals surface area contributed by atoms with Gasteiger partial charge in [-0.15, -0.1) is 11.3 Å². The van der Waals surface area contributed by atoms with E-state index in [-0.39, 0.29) is 0 Å². The van der Waals surface area contributed by atoms with E-state index in [1.807, 2.05) is 31.2 Å². The number of fused-ring (bicyclic) bond motifs is 1. The van der Waals surface area contributed by atoms with Crippen LogP contribution in [0.4, 0.5) is 0 Å². The fourth-order valence-electron chi connectivity index (χ4n) is 1.83. The van der Waals surface area contributed by atoms with Gasteiger partial charge in [0.2, 0.25) is 0 Å². The van der Waals surface area contributed by atoms with Crippen molar-refractivity contribution in [2.45, 2.75) is 6.92 Å². The SMILES string of the molecule is Cc1cc(Br)c2nc(-c3ccc(Cl)s3)nc(Cl)c2c1. The lowest BCUT2D eigenvalue weighted by atomic mass is 10.2. The molecule has 0 bridgehead atoms. The van der Waals surface area contributed by atoms with Crippen molar-refractivity contribution in [3.63, 3.8) is 0 Å². The molecule has 0 amide bonds. The molecule has 2 aromatic heterocycles. The number of hydrogen-bond donors (Lipinski definition) is 0. The molecule has 0 saturated carbocycles. The first kappa shape index (κ1) is 13.3. The first-order valence-corrected chi connectivity index (χ1v) is 7.80. The number of benzene rings is 1. The molecule has 0 saturated heterocycles. The number of thiophene rings is 1. The quantitative estimate of drug-likeness (QED) is 0.508. The van der Waals surface area contributed by atoms with Crippen molar-refractivity contribution in [2.75, 3.05) is 0 Å². The van der Waals surface area contributed by atoms with Gasteiger partial charge in [-0.3, -0.25) is 0 Å². The van der Waals surface area contributed by atoms with Crippen molar-refractivity contribution >= 4 is 61.4 Å². The average Bonchev–Trinajstić information content (AvgIpc) is 2.77. The summed E-state index contributed by atoms with van der Waals surface area (Å²) in [6.07, 6.45) is 0. The van der Waals surface area contributed by atoms with Crippen molar-refractivity contribution in [3.05, 3.63) is 43.8 Å². The van der Waals surface area contributed by atoms with Crippen LogP contribution in [0.2, 0.25) is 9.49 Å². The molecule has 0 spiro atoms. The van der Waals surface area contributed by atoms with Gasteiger partial charge in [0, 0.05) is 9.86 Å². The van der Waals surface area contributed by atoms with Crippen molar-refractivity contribution in [3.8, 4) is 10.7 Å². The van der Waals surface area contributed by atoms with E-state index in [0.717, 1.165) is 25.8 Å². The van der Waals surface area contributed by atoms with E-state index in [0.29, 0.717) is 15.3 Å². The lowest BCUT2D eigenvalue weighted by Gasteiger charge is -2.06. The third-order valence-corrected chi connectivity index (χ3v) is 4.77. The van der Waals surface area contributed by atoms with E-state index in [2.05, 4.69) is 25.9 Å². The molecule has 6 heteroatoms. The number of nitrogens with zero attached hydrogens (tertiary/aromatic N) is 2. The Balaban J connectivity index is 2.30. The topological polar surface area (TPSA) is 25.8 Å². The molecule has 0 aliphatic heterocycles. The maximum atomic E-state index is 6.26. The fraction of sp³-hybridized carbons (Fsp3) is 0.0769. The lowest BCUT2D eigenvalue weighted by molar-refractivity contribution is 1.23. The van der Waals surface area contributed by atoms with Gasteiger partial charge in [-0.25, -0.2) is 9.97 Å². The second-order valence-corrected chi connectivity index (χ2v) is 7.01. The maximum Gasteiger partial charge on any atom is 0.171 e. The molecule has 1 aromatic carbocycles. The normalized spacial score (nSPS) is 11.2. The van der Waals surface area contributed by atoms with E-state index < -0.39 is 0 Å². The summed E-state index contributed by atoms with van der Waals surface area (Å²) < 4.78 is 1.62. The van der Waals surface area contributed by atoms with E-state index in [1.54, 1.807) is 0 Å². The first-order chi connectivity index (χ1) is 9.04. The average molecular weight is 374 g/mol. The first-order valence-electron chi connectivity index (χ1n) is 5.44. The third-order valence-electron chi connectivity index (χ3n) is 2.65. The van der Waals surface area contributed by atoms with Gasteiger partial charge >= 0.3 is 0 Å². The summed E-state index contributed by atoms with van der Waals surface area (Å²) in [5.41, 5.74) is 1.92. The van der Waals surface area contributed by atoms with Crippen LogP contribution in [0.15, 0.2) is 28.7 Å². The minimum absolute atomic E-state index is 0.453. The monoisotopic (exact) mass is 372 g/mol. The maximum absolute atomic E-state index is 6.26. The van der Waals surface area contributed by atoms with E-state index in [1.165, 1.54) is 11.3 Å². The summed E-state index contributed by atoms with van der Waals surface area (Å²) >= 11 is 17.2. The molecule has 0 N–H and O–H groups in total. The highest BCUT2D eigenvalue weighted by Gasteiger charge is 2.12. The van der Waals surface area contributed by atoms with Crippen molar-refractivity contribution in [1.82, 2.24) is 9.97 Å². The minimum atomic E-state index is 0.453.